The number of aryl methyl sites for hydroxylation is 1. The minimum Gasteiger partial charge on any atom is -0.493 e. The van der Waals surface area contributed by atoms with E-state index in [1.165, 1.54) is 5.56 Å². The van der Waals surface area contributed by atoms with Crippen molar-refractivity contribution in [2.45, 2.75) is 56.4 Å². The van der Waals surface area contributed by atoms with Crippen molar-refractivity contribution >= 4 is 22.6 Å². The number of amides is 1. The third kappa shape index (κ3) is 5.79. The van der Waals surface area contributed by atoms with Gasteiger partial charge in [0, 0.05) is 22.3 Å². The maximum Gasteiger partial charge on any atom is 0.412 e. The van der Waals surface area contributed by atoms with Crippen molar-refractivity contribution in [2.24, 2.45) is 0 Å². The van der Waals surface area contributed by atoms with E-state index < -0.39 is 22.5 Å². The van der Waals surface area contributed by atoms with Gasteiger partial charge in [-0.3, -0.25) is 9.53 Å². The van der Waals surface area contributed by atoms with Crippen LogP contribution in [-0.2, 0) is 27.6 Å². The molecule has 1 unspecified atom stereocenters. The maximum absolute atomic E-state index is 12.6. The van der Waals surface area contributed by atoms with Crippen LogP contribution in [0.25, 0.3) is 0 Å². The zero-order valence-corrected chi connectivity index (χ0v) is 19.5. The molecule has 3 rings (SSSR count). The van der Waals surface area contributed by atoms with Gasteiger partial charge >= 0.3 is 6.09 Å². The van der Waals surface area contributed by atoms with Crippen LogP contribution in [0.4, 0.5) is 10.5 Å². The summed E-state index contributed by atoms with van der Waals surface area (Å²) in [5.74, 6) is 1.88. The molecule has 2 aromatic rings. The van der Waals surface area contributed by atoms with E-state index in [4.69, 9.17) is 14.2 Å². The van der Waals surface area contributed by atoms with E-state index in [1.54, 1.807) is 26.4 Å². The number of methoxy groups -OCH3 is 2. The summed E-state index contributed by atoms with van der Waals surface area (Å²) in [7, 11) is 2.12. The first kappa shape index (κ1) is 23.1. The zero-order valence-electron chi connectivity index (χ0n) is 18.7. The molecule has 0 aliphatic carbocycles. The van der Waals surface area contributed by atoms with E-state index in [2.05, 4.69) is 17.4 Å². The highest BCUT2D eigenvalue weighted by atomic mass is 32.2. The molecule has 6 nitrogen and oxygen atoms in total. The molecule has 1 aliphatic heterocycles. The van der Waals surface area contributed by atoms with Crippen LogP contribution in [0, 0.1) is 0 Å². The average molecular weight is 446 g/mol. The third-order valence-corrected chi connectivity index (χ3v) is 6.92. The molecule has 0 saturated carbocycles. The fraction of sp³-hybridized carbons (Fsp3) is 0.458. The highest BCUT2D eigenvalue weighted by Crippen LogP contribution is 2.36. The van der Waals surface area contributed by atoms with Gasteiger partial charge in [-0.05, 0) is 62.9 Å². The summed E-state index contributed by atoms with van der Waals surface area (Å²) < 4.78 is 28.5. The molecular weight excluding hydrogens is 414 g/mol. The lowest BCUT2D eigenvalue weighted by Gasteiger charge is -2.32. The summed E-state index contributed by atoms with van der Waals surface area (Å²) >= 11 is 0. The minimum absolute atomic E-state index is 0.407. The van der Waals surface area contributed by atoms with E-state index in [9.17, 15) is 9.00 Å². The number of anilines is 1. The van der Waals surface area contributed by atoms with E-state index in [-0.39, 0.29) is 0 Å². The standard InChI is InChI=1S/C24H31NO5S/c1-24(2)19-15-17(10-12-20(19)25-23(26)30-24)9-7-5-6-8-14-31(27)18-11-13-21(28-3)22(16-18)29-4/h10-13,15-16H,5-9,14H2,1-4H3,(H,25,26). The molecule has 0 fully saturated rings. The molecule has 0 radical (unpaired) electrons. The van der Waals surface area contributed by atoms with Gasteiger partial charge in [-0.1, -0.05) is 18.9 Å². The van der Waals surface area contributed by atoms with Crippen molar-refractivity contribution in [3.63, 3.8) is 0 Å². The molecule has 31 heavy (non-hydrogen) atoms. The summed E-state index contributed by atoms with van der Waals surface area (Å²) in [4.78, 5) is 12.4. The fourth-order valence-electron chi connectivity index (χ4n) is 3.77. The Balaban J connectivity index is 1.43. The number of rotatable bonds is 10. The molecule has 0 spiro atoms. The van der Waals surface area contributed by atoms with E-state index in [1.807, 2.05) is 26.0 Å². The first-order chi connectivity index (χ1) is 14.8. The van der Waals surface area contributed by atoms with Gasteiger partial charge in [0.1, 0.15) is 5.60 Å². The Hall–Kier alpha value is -2.54. The van der Waals surface area contributed by atoms with Crippen LogP contribution in [0.2, 0.25) is 0 Å². The highest BCUT2D eigenvalue weighted by molar-refractivity contribution is 7.85. The molecule has 1 atom stereocenters. The first-order valence-corrected chi connectivity index (χ1v) is 11.9. The second-order valence-corrected chi connectivity index (χ2v) is 9.71. The molecule has 1 amide bonds. The van der Waals surface area contributed by atoms with Gasteiger partial charge in [-0.15, -0.1) is 0 Å². The van der Waals surface area contributed by atoms with Gasteiger partial charge in [-0.25, -0.2) is 4.79 Å². The van der Waals surface area contributed by atoms with Gasteiger partial charge in [-0.2, -0.15) is 0 Å². The molecule has 1 N–H and O–H groups in total. The van der Waals surface area contributed by atoms with Crippen molar-refractivity contribution in [1.29, 1.82) is 0 Å². The Morgan fingerprint density at radius 2 is 1.71 bits per heavy atom. The Labute approximate surface area is 186 Å². The Bertz CT molecular complexity index is 957. The predicted octanol–water partition coefficient (Wildman–Crippen LogP) is 5.41. The van der Waals surface area contributed by atoms with Crippen LogP contribution in [0.1, 0.15) is 50.7 Å². The fourth-order valence-corrected chi connectivity index (χ4v) is 4.93. The molecular formula is C24H31NO5S. The van der Waals surface area contributed by atoms with Crippen molar-refractivity contribution in [1.82, 2.24) is 0 Å². The van der Waals surface area contributed by atoms with Crippen LogP contribution >= 0.6 is 0 Å². The van der Waals surface area contributed by atoms with Crippen LogP contribution in [0.15, 0.2) is 41.3 Å². The van der Waals surface area contributed by atoms with Crippen molar-refractivity contribution < 1.29 is 23.2 Å². The maximum atomic E-state index is 12.6. The quantitative estimate of drug-likeness (QED) is 0.495. The summed E-state index contributed by atoms with van der Waals surface area (Å²) in [6.07, 6.45) is 4.66. The Kier molecular flexibility index (Phi) is 7.59. The molecule has 1 heterocycles. The van der Waals surface area contributed by atoms with E-state index >= 15 is 0 Å². The minimum atomic E-state index is -1.04. The smallest absolute Gasteiger partial charge is 0.412 e. The number of carbonyl (C=O) groups is 1. The topological polar surface area (TPSA) is 73.9 Å². The zero-order chi connectivity index (χ0) is 22.4. The number of fused-ring (bicyclic) bond motifs is 1. The number of carbonyl (C=O) groups excluding carboxylic acids is 1. The lowest BCUT2D eigenvalue weighted by atomic mass is 9.92. The van der Waals surface area contributed by atoms with E-state index in [0.717, 1.165) is 48.3 Å². The number of benzene rings is 2. The molecule has 0 aromatic heterocycles. The van der Waals surface area contributed by atoms with Gasteiger partial charge < -0.3 is 14.2 Å². The largest absolute Gasteiger partial charge is 0.493 e. The van der Waals surface area contributed by atoms with Crippen molar-refractivity contribution in [3.8, 4) is 11.5 Å². The monoisotopic (exact) mass is 445 g/mol. The number of hydrogen-bond donors (Lipinski definition) is 1. The number of ether oxygens (including phenoxy) is 3. The normalized spacial score (nSPS) is 15.4. The molecule has 2 aromatic carbocycles. The molecule has 0 saturated heterocycles. The summed E-state index contributed by atoms with van der Waals surface area (Å²) in [5, 5.41) is 2.76. The summed E-state index contributed by atoms with van der Waals surface area (Å²) in [6, 6.07) is 11.6. The number of nitrogens with one attached hydrogen (secondary N) is 1. The van der Waals surface area contributed by atoms with Gasteiger partial charge in [0.25, 0.3) is 0 Å². The van der Waals surface area contributed by atoms with Crippen LogP contribution in [0.3, 0.4) is 0 Å². The highest BCUT2D eigenvalue weighted by Gasteiger charge is 2.33. The van der Waals surface area contributed by atoms with Crippen LogP contribution < -0.4 is 14.8 Å². The molecule has 0 bridgehead atoms. The lowest BCUT2D eigenvalue weighted by molar-refractivity contribution is 0.0420. The second kappa shape index (κ2) is 10.2. The average Bonchev–Trinajstić information content (AvgIpc) is 2.75. The van der Waals surface area contributed by atoms with E-state index in [0.29, 0.717) is 17.3 Å². The Morgan fingerprint density at radius 1 is 0.968 bits per heavy atom. The lowest BCUT2D eigenvalue weighted by Crippen LogP contribution is -2.34. The Morgan fingerprint density at radius 3 is 2.45 bits per heavy atom. The number of cyclic esters (lactones) is 1. The molecule has 168 valence electrons. The van der Waals surface area contributed by atoms with Crippen molar-refractivity contribution in [2.75, 3.05) is 25.3 Å². The third-order valence-electron chi connectivity index (χ3n) is 5.48. The van der Waals surface area contributed by atoms with Gasteiger partial charge in [0.05, 0.1) is 30.7 Å². The van der Waals surface area contributed by atoms with Crippen LogP contribution in [-0.4, -0.2) is 30.3 Å². The number of hydrogen-bond acceptors (Lipinski definition) is 5. The second-order valence-electron chi connectivity index (χ2n) is 8.14. The summed E-state index contributed by atoms with van der Waals surface area (Å²) in [5.41, 5.74) is 2.44. The van der Waals surface area contributed by atoms with Gasteiger partial charge in [0.2, 0.25) is 0 Å². The molecule has 1 aliphatic rings. The van der Waals surface area contributed by atoms with Crippen LogP contribution in [0.5, 0.6) is 11.5 Å². The predicted molar refractivity (Wildman–Crippen MR) is 123 cm³/mol. The first-order valence-electron chi connectivity index (χ1n) is 10.6. The summed E-state index contributed by atoms with van der Waals surface area (Å²) in [6.45, 7) is 3.82. The SMILES string of the molecule is COc1ccc(S(=O)CCCCCCc2ccc3c(c2)C(C)(C)OC(=O)N3)cc1OC. The number of unbranched alkanes of at least 4 members (excludes halogenated alkanes) is 3. The van der Waals surface area contributed by atoms with Crippen molar-refractivity contribution in [3.05, 3.63) is 47.5 Å². The van der Waals surface area contributed by atoms with Gasteiger partial charge in [0.15, 0.2) is 11.5 Å². The molecule has 7 heteroatoms.